The van der Waals surface area contributed by atoms with Crippen LogP contribution in [0.15, 0.2) is 34.9 Å². The first-order valence-electron chi connectivity index (χ1n) is 10.5. The number of aryl methyl sites for hydroxylation is 2. The maximum atomic E-state index is 13.3. The van der Waals surface area contributed by atoms with Crippen molar-refractivity contribution in [2.75, 3.05) is 19.6 Å². The van der Waals surface area contributed by atoms with E-state index in [4.69, 9.17) is 4.42 Å². The van der Waals surface area contributed by atoms with Crippen molar-refractivity contribution in [3.05, 3.63) is 53.4 Å². The highest BCUT2D eigenvalue weighted by atomic mass is 16.3. The average molecular weight is 407 g/mol. The molecule has 0 radical (unpaired) electrons. The van der Waals surface area contributed by atoms with Gasteiger partial charge in [-0.05, 0) is 57.2 Å². The Hall–Kier alpha value is -3.16. The number of amides is 2. The molecule has 2 aliphatic rings. The number of hydrogen-bond donors (Lipinski definition) is 0. The van der Waals surface area contributed by atoms with Gasteiger partial charge in [0, 0.05) is 43.1 Å². The van der Waals surface area contributed by atoms with Gasteiger partial charge in [0.1, 0.15) is 0 Å². The first-order chi connectivity index (χ1) is 14.5. The molecule has 2 atom stereocenters. The number of aromatic nitrogens is 3. The van der Waals surface area contributed by atoms with Gasteiger partial charge < -0.3 is 14.2 Å². The minimum Gasteiger partial charge on any atom is -0.459 e. The van der Waals surface area contributed by atoms with E-state index in [-0.39, 0.29) is 23.8 Å². The first-order valence-corrected chi connectivity index (χ1v) is 10.5. The molecule has 0 N–H and O–H groups in total. The van der Waals surface area contributed by atoms with Crippen LogP contribution in [0.2, 0.25) is 0 Å². The van der Waals surface area contributed by atoms with E-state index >= 15 is 0 Å². The maximum Gasteiger partial charge on any atom is 0.289 e. The van der Waals surface area contributed by atoms with E-state index in [1.165, 1.54) is 6.26 Å². The molecule has 5 rings (SSSR count). The third kappa shape index (κ3) is 3.16. The van der Waals surface area contributed by atoms with E-state index in [2.05, 4.69) is 10.1 Å². The van der Waals surface area contributed by atoms with Crippen molar-refractivity contribution in [1.29, 1.82) is 0 Å². The van der Waals surface area contributed by atoms with Crippen molar-refractivity contribution in [3.63, 3.8) is 0 Å². The van der Waals surface area contributed by atoms with Crippen LogP contribution in [-0.4, -0.2) is 61.9 Å². The SMILES string of the molecule is Cc1cc(C)n2nc(C(=O)N3CCC[C@@H]4CN(C(=O)c5ccco5)CC[C@@H]43)cc2n1. The van der Waals surface area contributed by atoms with Crippen LogP contribution >= 0.6 is 0 Å². The van der Waals surface area contributed by atoms with Gasteiger partial charge in [-0.25, -0.2) is 9.50 Å². The largest absolute Gasteiger partial charge is 0.459 e. The highest BCUT2D eigenvalue weighted by molar-refractivity contribution is 5.94. The van der Waals surface area contributed by atoms with Crippen molar-refractivity contribution < 1.29 is 14.0 Å². The monoisotopic (exact) mass is 407 g/mol. The lowest BCUT2D eigenvalue weighted by atomic mass is 9.83. The Morgan fingerprint density at radius 2 is 2.00 bits per heavy atom. The van der Waals surface area contributed by atoms with E-state index in [1.54, 1.807) is 22.7 Å². The van der Waals surface area contributed by atoms with Crippen LogP contribution in [-0.2, 0) is 0 Å². The Bertz CT molecular complexity index is 1100. The normalized spacial score (nSPS) is 21.7. The molecule has 0 aliphatic carbocycles. The molecule has 0 bridgehead atoms. The summed E-state index contributed by atoms with van der Waals surface area (Å²) in [6.45, 7) is 5.90. The molecule has 0 unspecified atom stereocenters. The molecule has 5 heterocycles. The lowest BCUT2D eigenvalue weighted by Gasteiger charge is -2.46. The van der Waals surface area contributed by atoms with Crippen LogP contribution in [0.3, 0.4) is 0 Å². The number of rotatable bonds is 2. The van der Waals surface area contributed by atoms with Crippen molar-refractivity contribution in [2.45, 2.75) is 39.2 Å². The summed E-state index contributed by atoms with van der Waals surface area (Å²) in [7, 11) is 0. The summed E-state index contributed by atoms with van der Waals surface area (Å²) in [5.74, 6) is 0.534. The minimum absolute atomic E-state index is 0.0435. The zero-order chi connectivity index (χ0) is 20.8. The van der Waals surface area contributed by atoms with Crippen LogP contribution in [0.25, 0.3) is 5.65 Å². The lowest BCUT2D eigenvalue weighted by molar-refractivity contribution is 0.0183. The van der Waals surface area contributed by atoms with Gasteiger partial charge in [-0.1, -0.05) is 0 Å². The fourth-order valence-electron chi connectivity index (χ4n) is 4.93. The molecule has 8 nitrogen and oxygen atoms in total. The lowest BCUT2D eigenvalue weighted by Crippen LogP contribution is -2.56. The summed E-state index contributed by atoms with van der Waals surface area (Å²) in [6, 6.07) is 7.30. The minimum atomic E-state index is -0.0702. The molecule has 2 aliphatic heterocycles. The number of piperidine rings is 2. The summed E-state index contributed by atoms with van der Waals surface area (Å²) in [4.78, 5) is 34.3. The van der Waals surface area contributed by atoms with Crippen LogP contribution < -0.4 is 0 Å². The molecule has 8 heteroatoms. The first kappa shape index (κ1) is 18.8. The topological polar surface area (TPSA) is 84.0 Å². The summed E-state index contributed by atoms with van der Waals surface area (Å²) in [5.41, 5.74) is 3.00. The quantitative estimate of drug-likeness (QED) is 0.652. The second kappa shape index (κ2) is 7.27. The summed E-state index contributed by atoms with van der Waals surface area (Å²) >= 11 is 0. The molecule has 2 amide bonds. The standard InChI is InChI=1S/C22H25N5O3/c1-14-11-15(2)27-20(23-14)12-17(24-27)21(28)26-8-3-5-16-13-25(9-7-18(16)26)22(29)19-6-4-10-30-19/h4,6,10-12,16,18H,3,5,7-9,13H2,1-2H3/t16-,18+/m1/s1. The molecular formula is C22H25N5O3. The third-order valence-electron chi connectivity index (χ3n) is 6.30. The van der Waals surface area contributed by atoms with E-state index in [9.17, 15) is 9.59 Å². The second-order valence-corrected chi connectivity index (χ2v) is 8.32. The molecule has 3 aromatic rings. The molecule has 30 heavy (non-hydrogen) atoms. The summed E-state index contributed by atoms with van der Waals surface area (Å²) in [5, 5.41) is 4.53. The van der Waals surface area contributed by atoms with Gasteiger partial charge >= 0.3 is 0 Å². The molecule has 3 aromatic heterocycles. The van der Waals surface area contributed by atoms with E-state index < -0.39 is 0 Å². The van der Waals surface area contributed by atoms with Crippen molar-refractivity contribution in [3.8, 4) is 0 Å². The molecular weight excluding hydrogens is 382 g/mol. The Labute approximate surface area is 174 Å². The predicted molar refractivity (Wildman–Crippen MR) is 109 cm³/mol. The fourth-order valence-corrected chi connectivity index (χ4v) is 4.93. The van der Waals surface area contributed by atoms with Gasteiger partial charge in [-0.3, -0.25) is 9.59 Å². The van der Waals surface area contributed by atoms with Crippen LogP contribution in [0, 0.1) is 19.8 Å². The van der Waals surface area contributed by atoms with Crippen molar-refractivity contribution >= 4 is 17.5 Å². The van der Waals surface area contributed by atoms with Gasteiger partial charge in [-0.2, -0.15) is 5.10 Å². The zero-order valence-corrected chi connectivity index (χ0v) is 17.2. The molecule has 0 spiro atoms. The number of likely N-dealkylation sites (tertiary alicyclic amines) is 2. The van der Waals surface area contributed by atoms with Crippen molar-refractivity contribution in [1.82, 2.24) is 24.4 Å². The Morgan fingerprint density at radius 3 is 2.80 bits per heavy atom. The molecule has 2 saturated heterocycles. The maximum absolute atomic E-state index is 13.3. The van der Waals surface area contributed by atoms with Gasteiger partial charge in [0.2, 0.25) is 0 Å². The van der Waals surface area contributed by atoms with Gasteiger partial charge in [0.15, 0.2) is 17.1 Å². The number of furan rings is 1. The number of carbonyl (C=O) groups excluding carboxylic acids is 2. The highest BCUT2D eigenvalue weighted by Crippen LogP contribution is 2.32. The van der Waals surface area contributed by atoms with Gasteiger partial charge in [-0.15, -0.1) is 0 Å². The average Bonchev–Trinajstić information content (AvgIpc) is 3.42. The van der Waals surface area contributed by atoms with Gasteiger partial charge in [0.25, 0.3) is 11.8 Å². The highest BCUT2D eigenvalue weighted by Gasteiger charge is 2.40. The van der Waals surface area contributed by atoms with E-state index in [0.29, 0.717) is 30.2 Å². The van der Waals surface area contributed by atoms with Crippen LogP contribution in [0.4, 0.5) is 0 Å². The number of fused-ring (bicyclic) bond motifs is 2. The van der Waals surface area contributed by atoms with Gasteiger partial charge in [0.05, 0.1) is 6.26 Å². The Balaban J connectivity index is 1.35. The Kier molecular flexibility index (Phi) is 4.56. The van der Waals surface area contributed by atoms with Crippen LogP contribution in [0.5, 0.6) is 0 Å². The molecule has 0 saturated carbocycles. The number of carbonyl (C=O) groups is 2. The Morgan fingerprint density at radius 1 is 1.13 bits per heavy atom. The number of hydrogen-bond acceptors (Lipinski definition) is 5. The third-order valence-corrected chi connectivity index (χ3v) is 6.30. The zero-order valence-electron chi connectivity index (χ0n) is 17.2. The smallest absolute Gasteiger partial charge is 0.289 e. The van der Waals surface area contributed by atoms with E-state index in [0.717, 1.165) is 37.2 Å². The molecule has 2 fully saturated rings. The summed E-state index contributed by atoms with van der Waals surface area (Å²) < 4.78 is 7.00. The van der Waals surface area contributed by atoms with E-state index in [1.807, 2.05) is 29.7 Å². The number of nitrogens with zero attached hydrogens (tertiary/aromatic N) is 5. The fraction of sp³-hybridized carbons (Fsp3) is 0.455. The predicted octanol–water partition coefficient (Wildman–Crippen LogP) is 2.71. The molecule has 156 valence electrons. The second-order valence-electron chi connectivity index (χ2n) is 8.32. The van der Waals surface area contributed by atoms with Crippen LogP contribution in [0.1, 0.15) is 51.7 Å². The molecule has 0 aromatic carbocycles. The van der Waals surface area contributed by atoms with Crippen molar-refractivity contribution in [2.24, 2.45) is 5.92 Å². The summed E-state index contributed by atoms with van der Waals surface area (Å²) in [6.07, 6.45) is 4.24.